The van der Waals surface area contributed by atoms with Crippen LogP contribution in [0.1, 0.15) is 5.56 Å². The van der Waals surface area contributed by atoms with E-state index in [0.29, 0.717) is 42.6 Å². The van der Waals surface area contributed by atoms with Gasteiger partial charge in [-0.05, 0) is 35.9 Å². The third kappa shape index (κ3) is 5.94. The number of nitrogens with zero attached hydrogens (tertiary/aromatic N) is 1. The van der Waals surface area contributed by atoms with Crippen LogP contribution in [0.25, 0.3) is 0 Å². The molecule has 0 aliphatic carbocycles. The summed E-state index contributed by atoms with van der Waals surface area (Å²) in [6.07, 6.45) is 0. The van der Waals surface area contributed by atoms with Gasteiger partial charge in [0.2, 0.25) is 5.91 Å². The lowest BCUT2D eigenvalue weighted by atomic mass is 10.2. The van der Waals surface area contributed by atoms with Crippen molar-refractivity contribution in [1.29, 1.82) is 0 Å². The molecular formula is C19H20BrClN2O4S. The Kier molecular flexibility index (Phi) is 6.98. The Labute approximate surface area is 177 Å². The average molecular weight is 488 g/mol. The van der Waals surface area contributed by atoms with E-state index in [1.165, 1.54) is 0 Å². The van der Waals surface area contributed by atoms with Crippen LogP contribution in [0.4, 0.5) is 11.4 Å². The van der Waals surface area contributed by atoms with Crippen molar-refractivity contribution in [2.24, 2.45) is 0 Å². The Morgan fingerprint density at radius 2 is 1.93 bits per heavy atom. The number of halogens is 2. The van der Waals surface area contributed by atoms with Crippen molar-refractivity contribution in [3.05, 3.63) is 57.5 Å². The highest BCUT2D eigenvalue weighted by Crippen LogP contribution is 2.30. The van der Waals surface area contributed by atoms with Gasteiger partial charge in [0, 0.05) is 22.6 Å². The van der Waals surface area contributed by atoms with Crippen molar-refractivity contribution in [3.63, 3.8) is 0 Å². The fourth-order valence-electron chi connectivity index (χ4n) is 3.01. The van der Waals surface area contributed by atoms with Crippen LogP contribution in [0.3, 0.4) is 0 Å². The lowest BCUT2D eigenvalue weighted by molar-refractivity contribution is -0.113. The number of nitrogens with one attached hydrogen (secondary N) is 1. The normalized spacial score (nSPS) is 14.7. The summed E-state index contributed by atoms with van der Waals surface area (Å²) < 4.78 is 31.0. The number of ether oxygens (including phenoxy) is 1. The largest absolute Gasteiger partial charge is 0.378 e. The molecule has 3 rings (SSSR count). The Balaban J connectivity index is 1.71. The highest BCUT2D eigenvalue weighted by Gasteiger charge is 2.21. The van der Waals surface area contributed by atoms with E-state index < -0.39 is 21.5 Å². The zero-order valence-electron chi connectivity index (χ0n) is 15.0. The summed E-state index contributed by atoms with van der Waals surface area (Å²) in [6.45, 7) is 2.56. The summed E-state index contributed by atoms with van der Waals surface area (Å²) in [5, 5.41) is 3.17. The minimum Gasteiger partial charge on any atom is -0.378 e. The number of morpholine rings is 1. The standard InChI is InChI=1S/C19H20BrClN2O4S/c20-15-3-1-2-14(10-15)12-28(25,26)13-19(24)22-17-11-16(21)4-5-18(17)23-6-8-27-9-7-23/h1-5,10-11H,6-9,12-13H2,(H,22,24). The third-order valence-electron chi connectivity index (χ3n) is 4.21. The van der Waals surface area contributed by atoms with Crippen LogP contribution < -0.4 is 10.2 Å². The first kappa shape index (κ1) is 21.1. The van der Waals surface area contributed by atoms with E-state index >= 15 is 0 Å². The molecule has 0 bridgehead atoms. The van der Waals surface area contributed by atoms with Crippen LogP contribution in [0, 0.1) is 0 Å². The molecular weight excluding hydrogens is 468 g/mol. The van der Waals surface area contributed by atoms with E-state index in [1.54, 1.807) is 30.3 Å². The summed E-state index contributed by atoms with van der Waals surface area (Å²) in [6, 6.07) is 12.2. The molecule has 0 aromatic heterocycles. The fourth-order valence-corrected chi connectivity index (χ4v) is 4.89. The minimum absolute atomic E-state index is 0.203. The van der Waals surface area contributed by atoms with Crippen molar-refractivity contribution >= 4 is 54.7 Å². The molecule has 0 spiro atoms. The van der Waals surface area contributed by atoms with Gasteiger partial charge in [-0.2, -0.15) is 0 Å². The van der Waals surface area contributed by atoms with Gasteiger partial charge in [-0.15, -0.1) is 0 Å². The Bertz CT molecular complexity index is 962. The lowest BCUT2D eigenvalue weighted by Gasteiger charge is -2.30. The Morgan fingerprint density at radius 3 is 2.64 bits per heavy atom. The molecule has 1 amide bonds. The number of anilines is 2. The summed E-state index contributed by atoms with van der Waals surface area (Å²) >= 11 is 9.39. The molecule has 9 heteroatoms. The lowest BCUT2D eigenvalue weighted by Crippen LogP contribution is -2.37. The second kappa shape index (κ2) is 9.26. The molecule has 1 fully saturated rings. The SMILES string of the molecule is O=C(CS(=O)(=O)Cc1cccc(Br)c1)Nc1cc(Cl)ccc1N1CCOCC1. The van der Waals surface area contributed by atoms with Crippen LogP contribution in [0.2, 0.25) is 5.02 Å². The van der Waals surface area contributed by atoms with E-state index in [1.807, 2.05) is 12.1 Å². The van der Waals surface area contributed by atoms with Crippen molar-refractivity contribution in [1.82, 2.24) is 0 Å². The van der Waals surface area contributed by atoms with Gasteiger partial charge in [0.25, 0.3) is 0 Å². The Morgan fingerprint density at radius 1 is 1.18 bits per heavy atom. The Hall–Kier alpha value is -1.61. The van der Waals surface area contributed by atoms with Crippen LogP contribution in [-0.2, 0) is 25.1 Å². The number of sulfone groups is 1. The fraction of sp³-hybridized carbons (Fsp3) is 0.316. The van der Waals surface area contributed by atoms with Crippen LogP contribution in [0.15, 0.2) is 46.9 Å². The second-order valence-electron chi connectivity index (χ2n) is 6.47. The van der Waals surface area contributed by atoms with Gasteiger partial charge in [0.1, 0.15) is 5.75 Å². The number of hydrogen-bond donors (Lipinski definition) is 1. The quantitative estimate of drug-likeness (QED) is 0.675. The van der Waals surface area contributed by atoms with Gasteiger partial charge in [-0.3, -0.25) is 4.79 Å². The summed E-state index contributed by atoms with van der Waals surface area (Å²) in [4.78, 5) is 14.5. The van der Waals surface area contributed by atoms with E-state index in [9.17, 15) is 13.2 Å². The van der Waals surface area contributed by atoms with E-state index in [4.69, 9.17) is 16.3 Å². The highest BCUT2D eigenvalue weighted by molar-refractivity contribution is 9.10. The first-order valence-electron chi connectivity index (χ1n) is 8.69. The van der Waals surface area contributed by atoms with Crippen LogP contribution in [0.5, 0.6) is 0 Å². The van der Waals surface area contributed by atoms with E-state index in [0.717, 1.165) is 10.2 Å². The molecule has 0 radical (unpaired) electrons. The topological polar surface area (TPSA) is 75.7 Å². The van der Waals surface area contributed by atoms with Crippen LogP contribution in [-0.4, -0.2) is 46.4 Å². The van der Waals surface area contributed by atoms with Crippen molar-refractivity contribution < 1.29 is 17.9 Å². The molecule has 150 valence electrons. The predicted molar refractivity (Wildman–Crippen MR) is 115 cm³/mol. The van der Waals surface area contributed by atoms with Gasteiger partial charge in [0.05, 0.1) is 30.3 Å². The molecule has 0 saturated carbocycles. The third-order valence-corrected chi connectivity index (χ3v) is 6.41. The van der Waals surface area contributed by atoms with E-state index in [-0.39, 0.29) is 5.75 Å². The van der Waals surface area contributed by atoms with Crippen LogP contribution >= 0.6 is 27.5 Å². The smallest absolute Gasteiger partial charge is 0.239 e. The van der Waals surface area contributed by atoms with Gasteiger partial charge >= 0.3 is 0 Å². The molecule has 28 heavy (non-hydrogen) atoms. The molecule has 1 aliphatic heterocycles. The molecule has 6 nitrogen and oxygen atoms in total. The number of carbonyl (C=O) groups excluding carboxylic acids is 1. The predicted octanol–water partition coefficient (Wildman–Crippen LogP) is 3.49. The molecule has 1 saturated heterocycles. The monoisotopic (exact) mass is 486 g/mol. The van der Waals surface area contributed by atoms with Crippen molar-refractivity contribution in [3.8, 4) is 0 Å². The van der Waals surface area contributed by atoms with E-state index in [2.05, 4.69) is 26.1 Å². The number of rotatable bonds is 6. The second-order valence-corrected chi connectivity index (χ2v) is 9.89. The summed E-state index contributed by atoms with van der Waals surface area (Å²) in [7, 11) is -3.62. The van der Waals surface area contributed by atoms with Crippen molar-refractivity contribution in [2.75, 3.05) is 42.3 Å². The van der Waals surface area contributed by atoms with Gasteiger partial charge in [0.15, 0.2) is 9.84 Å². The van der Waals surface area contributed by atoms with Gasteiger partial charge < -0.3 is 15.0 Å². The zero-order valence-corrected chi connectivity index (χ0v) is 18.2. The minimum atomic E-state index is -3.62. The molecule has 1 heterocycles. The van der Waals surface area contributed by atoms with Gasteiger partial charge in [-0.25, -0.2) is 8.42 Å². The molecule has 1 aliphatic rings. The first-order valence-corrected chi connectivity index (χ1v) is 11.7. The maximum absolute atomic E-state index is 12.4. The summed E-state index contributed by atoms with van der Waals surface area (Å²) in [5.74, 6) is -1.40. The summed E-state index contributed by atoms with van der Waals surface area (Å²) in [5.41, 5.74) is 1.92. The van der Waals surface area contributed by atoms with Crippen molar-refractivity contribution in [2.45, 2.75) is 5.75 Å². The number of carbonyl (C=O) groups is 1. The highest BCUT2D eigenvalue weighted by atomic mass is 79.9. The molecule has 1 N–H and O–H groups in total. The molecule has 0 unspecified atom stereocenters. The maximum atomic E-state index is 12.4. The number of hydrogen-bond acceptors (Lipinski definition) is 5. The van der Waals surface area contributed by atoms with Gasteiger partial charge in [-0.1, -0.05) is 39.7 Å². The average Bonchev–Trinajstić information content (AvgIpc) is 2.61. The molecule has 2 aromatic carbocycles. The molecule has 2 aromatic rings. The number of benzene rings is 2. The molecule has 0 atom stereocenters. The maximum Gasteiger partial charge on any atom is 0.239 e. The zero-order chi connectivity index (χ0) is 20.1. The number of amides is 1. The first-order chi connectivity index (χ1) is 13.3.